The minimum atomic E-state index is -1.16. The topological polar surface area (TPSA) is 99.1 Å². The highest BCUT2D eigenvalue weighted by Gasteiger charge is 2.39. The van der Waals surface area contributed by atoms with E-state index < -0.39 is 36.2 Å². The maximum absolute atomic E-state index is 12.3. The third kappa shape index (κ3) is 4.71. The fourth-order valence-corrected chi connectivity index (χ4v) is 2.71. The summed E-state index contributed by atoms with van der Waals surface area (Å²) in [6.07, 6.45) is -3.08. The highest BCUT2D eigenvalue weighted by atomic mass is 16.6. The number of carboxylic acids is 1. The Bertz CT molecular complexity index is 804. The van der Waals surface area contributed by atoms with Crippen LogP contribution in [0.1, 0.15) is 27.1 Å². The molecular weight excluding hydrogens is 352 g/mol. The molecule has 0 unspecified atom stereocenters. The van der Waals surface area contributed by atoms with Crippen molar-refractivity contribution in [3.8, 4) is 0 Å². The van der Waals surface area contributed by atoms with Crippen molar-refractivity contribution >= 4 is 17.9 Å². The van der Waals surface area contributed by atoms with Crippen LogP contribution in [0.2, 0.25) is 0 Å². The van der Waals surface area contributed by atoms with Gasteiger partial charge in [0.2, 0.25) is 0 Å². The molecule has 0 radical (unpaired) electrons. The number of rotatable bonds is 5. The average molecular weight is 370 g/mol. The Morgan fingerprint density at radius 3 is 1.78 bits per heavy atom. The van der Waals surface area contributed by atoms with Crippen LogP contribution in [0.5, 0.6) is 0 Å². The zero-order chi connectivity index (χ0) is 19.2. The molecule has 1 fully saturated rings. The van der Waals surface area contributed by atoms with Gasteiger partial charge in [0.25, 0.3) is 0 Å². The van der Waals surface area contributed by atoms with Crippen molar-refractivity contribution in [2.45, 2.75) is 24.7 Å². The van der Waals surface area contributed by atoms with Crippen LogP contribution in [-0.2, 0) is 19.0 Å². The van der Waals surface area contributed by atoms with Gasteiger partial charge in [-0.3, -0.25) is 0 Å². The minimum Gasteiger partial charge on any atom is -0.479 e. The van der Waals surface area contributed by atoms with Gasteiger partial charge < -0.3 is 19.3 Å². The van der Waals surface area contributed by atoms with E-state index in [1.807, 2.05) is 0 Å². The van der Waals surface area contributed by atoms with Gasteiger partial charge >= 0.3 is 17.9 Å². The van der Waals surface area contributed by atoms with Crippen molar-refractivity contribution in [1.82, 2.24) is 0 Å². The molecule has 140 valence electrons. The van der Waals surface area contributed by atoms with Crippen LogP contribution in [0.25, 0.3) is 0 Å². The Balaban J connectivity index is 1.73. The number of hydrogen-bond donors (Lipinski definition) is 1. The lowest BCUT2D eigenvalue weighted by molar-refractivity contribution is -0.169. The first-order chi connectivity index (χ1) is 13.0. The molecule has 1 N–H and O–H groups in total. The normalized spacial score (nSPS) is 21.9. The molecular formula is C20H18O7. The Hall–Kier alpha value is -3.19. The molecule has 0 bridgehead atoms. The van der Waals surface area contributed by atoms with E-state index in [2.05, 4.69) is 0 Å². The van der Waals surface area contributed by atoms with Gasteiger partial charge in [-0.05, 0) is 24.3 Å². The largest absolute Gasteiger partial charge is 0.479 e. The first-order valence-electron chi connectivity index (χ1n) is 8.41. The summed E-state index contributed by atoms with van der Waals surface area (Å²) in [5, 5.41) is 9.18. The second-order valence-electron chi connectivity index (χ2n) is 6.02. The van der Waals surface area contributed by atoms with E-state index in [-0.39, 0.29) is 13.0 Å². The van der Waals surface area contributed by atoms with Crippen molar-refractivity contribution in [3.05, 3.63) is 71.8 Å². The Kier molecular flexibility index (Phi) is 5.83. The molecule has 1 aliphatic heterocycles. The average Bonchev–Trinajstić information content (AvgIpc) is 2.70. The van der Waals surface area contributed by atoms with Crippen LogP contribution in [0.3, 0.4) is 0 Å². The van der Waals surface area contributed by atoms with Crippen LogP contribution in [0, 0.1) is 0 Å². The summed E-state index contributed by atoms with van der Waals surface area (Å²) in [4.78, 5) is 35.9. The number of ether oxygens (including phenoxy) is 3. The molecule has 2 aromatic carbocycles. The van der Waals surface area contributed by atoms with Crippen LogP contribution in [0.15, 0.2) is 60.7 Å². The molecule has 3 rings (SSSR count). The molecule has 7 nitrogen and oxygen atoms in total. The molecule has 1 heterocycles. The highest BCUT2D eigenvalue weighted by Crippen LogP contribution is 2.23. The van der Waals surface area contributed by atoms with Gasteiger partial charge in [-0.1, -0.05) is 36.4 Å². The Labute approximate surface area is 155 Å². The van der Waals surface area contributed by atoms with Crippen molar-refractivity contribution in [2.24, 2.45) is 0 Å². The summed E-state index contributed by atoms with van der Waals surface area (Å²) in [5.41, 5.74) is 0.662. The maximum Gasteiger partial charge on any atom is 0.338 e. The maximum atomic E-state index is 12.3. The van der Waals surface area contributed by atoms with Crippen molar-refractivity contribution in [2.75, 3.05) is 6.61 Å². The fraction of sp³-hybridized carbons (Fsp3) is 0.250. The second-order valence-corrected chi connectivity index (χ2v) is 6.02. The van der Waals surface area contributed by atoms with Gasteiger partial charge in [-0.15, -0.1) is 0 Å². The van der Waals surface area contributed by atoms with Gasteiger partial charge in [0.1, 0.15) is 6.10 Å². The number of aliphatic carboxylic acids is 1. The van der Waals surface area contributed by atoms with Gasteiger partial charge in [0.15, 0.2) is 12.2 Å². The Morgan fingerprint density at radius 2 is 1.30 bits per heavy atom. The van der Waals surface area contributed by atoms with E-state index in [4.69, 9.17) is 14.2 Å². The van der Waals surface area contributed by atoms with Crippen molar-refractivity contribution in [1.29, 1.82) is 0 Å². The third-order valence-corrected chi connectivity index (χ3v) is 4.13. The summed E-state index contributed by atoms with van der Waals surface area (Å²) in [7, 11) is 0. The zero-order valence-corrected chi connectivity index (χ0v) is 14.3. The van der Waals surface area contributed by atoms with Crippen LogP contribution < -0.4 is 0 Å². The molecule has 1 saturated heterocycles. The predicted octanol–water partition coefficient (Wildman–Crippen LogP) is 2.31. The number of benzene rings is 2. The quantitative estimate of drug-likeness (QED) is 0.806. The SMILES string of the molecule is O=C(O[C@H]1C[C@H](C(=O)O)OC[C@H]1OC(=O)c1ccccc1)c1ccccc1. The van der Waals surface area contributed by atoms with E-state index in [9.17, 15) is 19.5 Å². The van der Waals surface area contributed by atoms with Crippen LogP contribution in [-0.4, -0.2) is 47.9 Å². The molecule has 7 heteroatoms. The molecule has 0 saturated carbocycles. The lowest BCUT2D eigenvalue weighted by atomic mass is 10.0. The zero-order valence-electron chi connectivity index (χ0n) is 14.3. The van der Waals surface area contributed by atoms with E-state index in [0.717, 1.165) is 0 Å². The third-order valence-electron chi connectivity index (χ3n) is 4.13. The smallest absolute Gasteiger partial charge is 0.338 e. The lowest BCUT2D eigenvalue weighted by Crippen LogP contribution is -2.48. The van der Waals surface area contributed by atoms with E-state index in [0.29, 0.717) is 11.1 Å². The van der Waals surface area contributed by atoms with E-state index in [1.165, 1.54) is 0 Å². The summed E-state index contributed by atoms with van der Waals surface area (Å²) in [6.45, 7) is -0.178. The lowest BCUT2D eigenvalue weighted by Gasteiger charge is -2.33. The first-order valence-corrected chi connectivity index (χ1v) is 8.41. The summed E-state index contributed by atoms with van der Waals surface area (Å²) < 4.78 is 16.1. The number of carbonyl (C=O) groups is 3. The van der Waals surface area contributed by atoms with Gasteiger partial charge in [-0.25, -0.2) is 14.4 Å². The monoisotopic (exact) mass is 370 g/mol. The standard InChI is InChI=1S/C20H18O7/c21-18(22)16-11-15(26-19(23)13-7-3-1-4-8-13)17(12-25-16)27-20(24)14-9-5-2-6-10-14/h1-10,15-17H,11-12H2,(H,21,22)/t15-,16+,17+/m0/s1. The molecule has 0 aromatic heterocycles. The number of carbonyl (C=O) groups excluding carboxylic acids is 2. The van der Waals surface area contributed by atoms with Gasteiger partial charge in [0.05, 0.1) is 17.7 Å². The number of hydrogen-bond acceptors (Lipinski definition) is 6. The highest BCUT2D eigenvalue weighted by molar-refractivity contribution is 5.90. The predicted molar refractivity (Wildman–Crippen MR) is 93.3 cm³/mol. The molecule has 0 aliphatic carbocycles. The molecule has 3 atom stereocenters. The minimum absolute atomic E-state index is 0.110. The summed E-state index contributed by atoms with van der Waals surface area (Å²) in [6, 6.07) is 16.7. The Morgan fingerprint density at radius 1 is 0.815 bits per heavy atom. The number of carboxylic acid groups (broad SMARTS) is 1. The van der Waals surface area contributed by atoms with Gasteiger partial charge in [0, 0.05) is 6.42 Å². The first kappa shape index (κ1) is 18.6. The molecule has 2 aromatic rings. The molecule has 0 amide bonds. The molecule has 1 aliphatic rings. The molecule has 27 heavy (non-hydrogen) atoms. The van der Waals surface area contributed by atoms with Crippen molar-refractivity contribution < 1.29 is 33.7 Å². The van der Waals surface area contributed by atoms with E-state index in [1.54, 1.807) is 60.7 Å². The summed E-state index contributed by atoms with van der Waals surface area (Å²) in [5.74, 6) is -2.38. The van der Waals surface area contributed by atoms with Crippen LogP contribution >= 0.6 is 0 Å². The fourth-order valence-electron chi connectivity index (χ4n) is 2.71. The van der Waals surface area contributed by atoms with E-state index >= 15 is 0 Å². The van der Waals surface area contributed by atoms with Gasteiger partial charge in [-0.2, -0.15) is 0 Å². The summed E-state index contributed by atoms with van der Waals surface area (Å²) >= 11 is 0. The second kappa shape index (κ2) is 8.46. The van der Waals surface area contributed by atoms with Crippen LogP contribution in [0.4, 0.5) is 0 Å². The van der Waals surface area contributed by atoms with Crippen molar-refractivity contribution in [3.63, 3.8) is 0 Å². The molecule has 0 spiro atoms. The number of esters is 2.